The summed E-state index contributed by atoms with van der Waals surface area (Å²) in [6, 6.07) is 16.7. The van der Waals surface area contributed by atoms with Crippen LogP contribution in [0.1, 0.15) is 29.7 Å². The Labute approximate surface area is 171 Å². The third kappa shape index (κ3) is 4.11. The maximum absolute atomic E-state index is 5.47. The van der Waals surface area contributed by atoms with Crippen LogP contribution in [0.4, 0.5) is 11.6 Å². The fraction of sp³-hybridized carbons (Fsp3) is 0.304. The van der Waals surface area contributed by atoms with Crippen molar-refractivity contribution in [1.82, 2.24) is 9.97 Å². The lowest BCUT2D eigenvalue weighted by molar-refractivity contribution is 0.353. The van der Waals surface area contributed by atoms with Gasteiger partial charge in [0.25, 0.3) is 0 Å². The highest BCUT2D eigenvalue weighted by Crippen LogP contribution is 2.34. The fourth-order valence-corrected chi connectivity index (χ4v) is 3.72. The number of fused-ring (bicyclic) bond motifs is 1. The first-order valence-corrected chi connectivity index (χ1v) is 9.80. The Balaban J connectivity index is 1.52. The molecule has 0 radical (unpaired) electrons. The quantitative estimate of drug-likeness (QED) is 0.680. The lowest BCUT2D eigenvalue weighted by Gasteiger charge is -2.30. The van der Waals surface area contributed by atoms with Crippen LogP contribution in [0.15, 0.2) is 54.9 Å². The third-order valence-corrected chi connectivity index (χ3v) is 5.36. The smallest absolute Gasteiger partial charge is 0.161 e. The van der Waals surface area contributed by atoms with E-state index in [1.54, 1.807) is 20.5 Å². The van der Waals surface area contributed by atoms with Gasteiger partial charge in [0.15, 0.2) is 11.5 Å². The van der Waals surface area contributed by atoms with E-state index in [4.69, 9.17) is 9.47 Å². The zero-order chi connectivity index (χ0) is 20.2. The van der Waals surface area contributed by atoms with E-state index in [1.165, 1.54) is 16.7 Å². The molecule has 0 fully saturated rings. The van der Waals surface area contributed by atoms with E-state index in [1.807, 2.05) is 24.3 Å². The minimum absolute atomic E-state index is 0.165. The molecule has 0 saturated heterocycles. The van der Waals surface area contributed by atoms with Crippen molar-refractivity contribution in [3.05, 3.63) is 71.5 Å². The summed E-state index contributed by atoms with van der Waals surface area (Å²) in [6.07, 6.45) is 2.56. The summed E-state index contributed by atoms with van der Waals surface area (Å²) < 4.78 is 10.9. The minimum Gasteiger partial charge on any atom is -0.493 e. The number of hydrogen-bond donors (Lipinski definition) is 1. The number of methoxy groups -OCH3 is 2. The number of nitrogens with zero attached hydrogens (tertiary/aromatic N) is 3. The summed E-state index contributed by atoms with van der Waals surface area (Å²) in [5, 5.41) is 3.48. The molecule has 150 valence electrons. The number of anilines is 2. The van der Waals surface area contributed by atoms with E-state index >= 15 is 0 Å². The largest absolute Gasteiger partial charge is 0.493 e. The van der Waals surface area contributed by atoms with Gasteiger partial charge in [0.05, 0.1) is 14.2 Å². The Bertz CT molecular complexity index is 978. The standard InChI is InChI=1S/C23H26N4O2/c1-16(17-7-5-4-6-8-17)26-22-13-23(25-15-24-22)27-10-9-18-11-20(28-2)21(29-3)12-19(18)14-27/h4-8,11-13,15-16H,9-10,14H2,1-3H3,(H,24,25,26). The highest BCUT2D eigenvalue weighted by atomic mass is 16.5. The summed E-state index contributed by atoms with van der Waals surface area (Å²) in [4.78, 5) is 11.2. The Morgan fingerprint density at radius 1 is 0.966 bits per heavy atom. The molecule has 2 heterocycles. The first-order chi connectivity index (χ1) is 14.2. The van der Waals surface area contributed by atoms with Crippen molar-refractivity contribution in [2.75, 3.05) is 31.0 Å². The summed E-state index contributed by atoms with van der Waals surface area (Å²) >= 11 is 0. The van der Waals surface area contributed by atoms with Gasteiger partial charge in [-0.2, -0.15) is 0 Å². The molecule has 4 rings (SSSR count). The van der Waals surface area contributed by atoms with Crippen LogP contribution in [0.2, 0.25) is 0 Å². The van der Waals surface area contributed by atoms with Crippen molar-refractivity contribution in [3.8, 4) is 11.5 Å². The summed E-state index contributed by atoms with van der Waals surface area (Å²) in [5.74, 6) is 3.28. The molecule has 1 aliphatic heterocycles. The molecule has 0 bridgehead atoms. The molecular weight excluding hydrogens is 364 g/mol. The molecule has 3 aromatic rings. The molecule has 0 spiro atoms. The maximum atomic E-state index is 5.47. The van der Waals surface area contributed by atoms with E-state index in [0.29, 0.717) is 0 Å². The first kappa shape index (κ1) is 19.1. The predicted octanol–water partition coefficient (Wildman–Crippen LogP) is 4.23. The number of nitrogens with one attached hydrogen (secondary N) is 1. The molecule has 1 N–H and O–H groups in total. The fourth-order valence-electron chi connectivity index (χ4n) is 3.72. The highest BCUT2D eigenvalue weighted by Gasteiger charge is 2.21. The van der Waals surface area contributed by atoms with Crippen LogP contribution < -0.4 is 19.7 Å². The van der Waals surface area contributed by atoms with Crippen LogP contribution in [-0.4, -0.2) is 30.7 Å². The predicted molar refractivity (Wildman–Crippen MR) is 115 cm³/mol. The summed E-state index contributed by atoms with van der Waals surface area (Å²) in [6.45, 7) is 3.81. The second-order valence-corrected chi connectivity index (χ2v) is 7.19. The summed E-state index contributed by atoms with van der Waals surface area (Å²) in [7, 11) is 3.34. The zero-order valence-electron chi connectivity index (χ0n) is 17.1. The zero-order valence-corrected chi connectivity index (χ0v) is 17.1. The Hall–Kier alpha value is -3.28. The number of hydrogen-bond acceptors (Lipinski definition) is 6. The molecule has 0 saturated carbocycles. The number of rotatable bonds is 6. The molecule has 29 heavy (non-hydrogen) atoms. The van der Waals surface area contributed by atoms with Gasteiger partial charge in [0.2, 0.25) is 0 Å². The summed E-state index contributed by atoms with van der Waals surface area (Å²) in [5.41, 5.74) is 3.75. The van der Waals surface area contributed by atoms with E-state index in [-0.39, 0.29) is 6.04 Å². The van der Waals surface area contributed by atoms with Gasteiger partial charge in [0.1, 0.15) is 18.0 Å². The molecule has 2 aromatic carbocycles. The minimum atomic E-state index is 0.165. The van der Waals surface area contributed by atoms with Crippen molar-refractivity contribution < 1.29 is 9.47 Å². The van der Waals surface area contributed by atoms with E-state index in [2.05, 4.69) is 51.4 Å². The van der Waals surface area contributed by atoms with Gasteiger partial charge >= 0.3 is 0 Å². The number of aromatic nitrogens is 2. The maximum Gasteiger partial charge on any atom is 0.161 e. The molecule has 6 nitrogen and oxygen atoms in total. The van der Waals surface area contributed by atoms with Crippen LogP contribution in [-0.2, 0) is 13.0 Å². The number of ether oxygens (including phenoxy) is 2. The third-order valence-electron chi connectivity index (χ3n) is 5.36. The van der Waals surface area contributed by atoms with Gasteiger partial charge in [-0.25, -0.2) is 9.97 Å². The lowest BCUT2D eigenvalue weighted by Crippen LogP contribution is -2.31. The molecule has 6 heteroatoms. The van der Waals surface area contributed by atoms with Crippen molar-refractivity contribution in [3.63, 3.8) is 0 Å². The molecule has 0 aliphatic carbocycles. The van der Waals surface area contributed by atoms with Gasteiger partial charge in [-0.3, -0.25) is 0 Å². The van der Waals surface area contributed by atoms with Crippen molar-refractivity contribution in [2.24, 2.45) is 0 Å². The van der Waals surface area contributed by atoms with Crippen molar-refractivity contribution >= 4 is 11.6 Å². The van der Waals surface area contributed by atoms with Gasteiger partial charge in [-0.05, 0) is 42.2 Å². The van der Waals surface area contributed by atoms with Crippen LogP contribution in [0.3, 0.4) is 0 Å². The average molecular weight is 390 g/mol. The van der Waals surface area contributed by atoms with Crippen LogP contribution in [0.5, 0.6) is 11.5 Å². The highest BCUT2D eigenvalue weighted by molar-refractivity contribution is 5.54. The van der Waals surface area contributed by atoms with E-state index in [0.717, 1.165) is 42.6 Å². The molecular formula is C23H26N4O2. The first-order valence-electron chi connectivity index (χ1n) is 9.80. The van der Waals surface area contributed by atoms with Crippen LogP contribution in [0.25, 0.3) is 0 Å². The molecule has 1 aliphatic rings. The Morgan fingerprint density at radius 3 is 2.41 bits per heavy atom. The number of benzene rings is 2. The molecule has 1 unspecified atom stereocenters. The Kier molecular flexibility index (Phi) is 5.51. The lowest BCUT2D eigenvalue weighted by atomic mass is 9.99. The Morgan fingerprint density at radius 2 is 1.69 bits per heavy atom. The van der Waals surface area contributed by atoms with Gasteiger partial charge < -0.3 is 19.7 Å². The second-order valence-electron chi connectivity index (χ2n) is 7.19. The van der Waals surface area contributed by atoms with Gasteiger partial charge in [0, 0.05) is 25.2 Å². The monoisotopic (exact) mass is 390 g/mol. The van der Waals surface area contributed by atoms with Crippen molar-refractivity contribution in [1.29, 1.82) is 0 Å². The van der Waals surface area contributed by atoms with E-state index in [9.17, 15) is 0 Å². The van der Waals surface area contributed by atoms with Crippen molar-refractivity contribution in [2.45, 2.75) is 25.9 Å². The van der Waals surface area contributed by atoms with Crippen LogP contribution in [0, 0.1) is 0 Å². The normalized spacial score (nSPS) is 14.1. The molecule has 0 amide bonds. The van der Waals surface area contributed by atoms with Gasteiger partial charge in [-0.1, -0.05) is 30.3 Å². The van der Waals surface area contributed by atoms with Crippen LogP contribution >= 0.6 is 0 Å². The average Bonchev–Trinajstić information content (AvgIpc) is 2.78. The SMILES string of the molecule is COc1cc2c(cc1OC)CN(c1cc(NC(C)c3ccccc3)ncn1)CC2. The molecule has 1 atom stereocenters. The topological polar surface area (TPSA) is 59.5 Å². The van der Waals surface area contributed by atoms with E-state index < -0.39 is 0 Å². The molecule has 1 aromatic heterocycles. The van der Waals surface area contributed by atoms with Gasteiger partial charge in [-0.15, -0.1) is 0 Å². The second kappa shape index (κ2) is 8.39.